The molecule has 0 radical (unpaired) electrons. The average molecular weight is 270 g/mol. The number of rotatable bonds is 2. The summed E-state index contributed by atoms with van der Waals surface area (Å²) in [6.45, 7) is 3.68. The van der Waals surface area contributed by atoms with Gasteiger partial charge in [-0.1, -0.05) is 0 Å². The minimum atomic E-state index is 0.120. The number of furan rings is 1. The lowest BCUT2D eigenvalue weighted by Gasteiger charge is -2.03. The smallest absolute Gasteiger partial charge is 0.154 e. The predicted octanol–water partition coefficient (Wildman–Crippen LogP) is 3.73. The molecule has 3 aromatic rings. The van der Waals surface area contributed by atoms with Gasteiger partial charge in [-0.15, -0.1) is 0 Å². The number of ether oxygens (including phenoxy) is 1. The number of aromatic hydroxyl groups is 1. The zero-order valence-electron chi connectivity index (χ0n) is 11.5. The van der Waals surface area contributed by atoms with Crippen molar-refractivity contribution in [2.24, 2.45) is 0 Å². The Balaban J connectivity index is 2.57. The summed E-state index contributed by atoms with van der Waals surface area (Å²) in [4.78, 5) is 11.3. The summed E-state index contributed by atoms with van der Waals surface area (Å²) in [6, 6.07) is 5.22. The molecule has 20 heavy (non-hydrogen) atoms. The molecule has 0 aliphatic rings. The number of aldehydes is 1. The summed E-state index contributed by atoms with van der Waals surface area (Å²) in [5.41, 5.74) is 3.10. The zero-order chi connectivity index (χ0) is 14.4. The highest BCUT2D eigenvalue weighted by molar-refractivity contribution is 6.14. The van der Waals surface area contributed by atoms with Crippen LogP contribution >= 0.6 is 0 Å². The summed E-state index contributed by atoms with van der Waals surface area (Å²) < 4.78 is 11.0. The van der Waals surface area contributed by atoms with E-state index < -0.39 is 0 Å². The second-order valence-corrected chi connectivity index (χ2v) is 4.87. The van der Waals surface area contributed by atoms with Crippen LogP contribution in [0.15, 0.2) is 22.6 Å². The van der Waals surface area contributed by atoms with E-state index in [0.717, 1.165) is 17.2 Å². The van der Waals surface area contributed by atoms with Crippen molar-refractivity contribution in [1.29, 1.82) is 0 Å². The minimum absolute atomic E-state index is 0.120. The van der Waals surface area contributed by atoms with Gasteiger partial charge in [0.15, 0.2) is 6.29 Å². The third-order valence-electron chi connectivity index (χ3n) is 3.59. The van der Waals surface area contributed by atoms with Crippen LogP contribution in [0, 0.1) is 13.8 Å². The number of carbonyl (C=O) groups is 1. The van der Waals surface area contributed by atoms with Gasteiger partial charge in [0.25, 0.3) is 0 Å². The fourth-order valence-electron chi connectivity index (χ4n) is 2.63. The van der Waals surface area contributed by atoms with Crippen molar-refractivity contribution in [1.82, 2.24) is 0 Å². The third kappa shape index (κ3) is 1.58. The highest BCUT2D eigenvalue weighted by Gasteiger charge is 2.18. The molecular weight excluding hydrogens is 256 g/mol. The minimum Gasteiger partial charge on any atom is -0.507 e. The maximum Gasteiger partial charge on any atom is 0.154 e. The van der Waals surface area contributed by atoms with Gasteiger partial charge in [0.1, 0.15) is 22.7 Å². The van der Waals surface area contributed by atoms with E-state index in [1.807, 2.05) is 13.0 Å². The van der Waals surface area contributed by atoms with Gasteiger partial charge < -0.3 is 14.3 Å². The SMILES string of the molecule is COc1cc(C)c2c(c1)oc1c(C=O)c(C)cc(O)c12. The van der Waals surface area contributed by atoms with Gasteiger partial charge in [-0.2, -0.15) is 0 Å². The van der Waals surface area contributed by atoms with Crippen LogP contribution in [-0.2, 0) is 0 Å². The fraction of sp³-hybridized carbons (Fsp3) is 0.188. The van der Waals surface area contributed by atoms with Crippen molar-refractivity contribution >= 4 is 28.2 Å². The molecule has 0 saturated heterocycles. The summed E-state index contributed by atoms with van der Waals surface area (Å²) in [6.07, 6.45) is 0.756. The summed E-state index contributed by atoms with van der Waals surface area (Å²) in [7, 11) is 1.59. The highest BCUT2D eigenvalue weighted by Crippen LogP contribution is 2.40. The molecule has 0 aliphatic carbocycles. The largest absolute Gasteiger partial charge is 0.507 e. The first-order valence-corrected chi connectivity index (χ1v) is 6.25. The van der Waals surface area contributed by atoms with Crippen molar-refractivity contribution in [2.75, 3.05) is 7.11 Å². The molecule has 0 saturated carbocycles. The van der Waals surface area contributed by atoms with E-state index in [4.69, 9.17) is 9.15 Å². The van der Waals surface area contributed by atoms with Crippen molar-refractivity contribution in [3.63, 3.8) is 0 Å². The molecule has 0 fully saturated rings. The molecule has 2 aromatic carbocycles. The van der Waals surface area contributed by atoms with Gasteiger partial charge in [0, 0.05) is 11.5 Å². The van der Waals surface area contributed by atoms with Crippen LogP contribution in [0.4, 0.5) is 0 Å². The molecular formula is C16H14O4. The van der Waals surface area contributed by atoms with Gasteiger partial charge in [-0.05, 0) is 37.1 Å². The van der Waals surface area contributed by atoms with Crippen molar-refractivity contribution in [3.8, 4) is 11.5 Å². The Morgan fingerprint density at radius 1 is 1.15 bits per heavy atom. The molecule has 0 aliphatic heterocycles. The summed E-state index contributed by atoms with van der Waals surface area (Å²) in [5.74, 6) is 0.799. The molecule has 1 aromatic heterocycles. The van der Waals surface area contributed by atoms with Crippen molar-refractivity contribution in [3.05, 3.63) is 34.9 Å². The second kappa shape index (κ2) is 4.27. The number of aryl methyl sites for hydroxylation is 2. The normalized spacial score (nSPS) is 11.2. The van der Waals surface area contributed by atoms with Gasteiger partial charge in [0.2, 0.25) is 0 Å². The number of benzene rings is 2. The number of phenolic OH excluding ortho intramolecular Hbond substituents is 1. The van der Waals surface area contributed by atoms with E-state index in [9.17, 15) is 9.90 Å². The molecule has 0 spiro atoms. The molecule has 102 valence electrons. The zero-order valence-corrected chi connectivity index (χ0v) is 11.5. The van der Waals surface area contributed by atoms with Crippen LogP contribution in [0.3, 0.4) is 0 Å². The lowest BCUT2D eigenvalue weighted by molar-refractivity contribution is 0.112. The first-order valence-electron chi connectivity index (χ1n) is 6.25. The molecule has 0 atom stereocenters. The number of fused-ring (bicyclic) bond motifs is 3. The Morgan fingerprint density at radius 2 is 1.90 bits per heavy atom. The number of methoxy groups -OCH3 is 1. The van der Waals surface area contributed by atoms with Gasteiger partial charge in [-0.25, -0.2) is 0 Å². The quantitative estimate of drug-likeness (QED) is 0.721. The van der Waals surface area contributed by atoms with Crippen LogP contribution in [0.2, 0.25) is 0 Å². The molecule has 4 heteroatoms. The highest BCUT2D eigenvalue weighted by atomic mass is 16.5. The Hall–Kier alpha value is -2.49. The standard InChI is InChI=1S/C16H14O4/c1-8-5-12(18)15-14-9(2)4-10(19-3)6-13(14)20-16(15)11(8)7-17/h4-7,18H,1-3H3. The van der Waals surface area contributed by atoms with Crippen LogP contribution in [-0.4, -0.2) is 18.5 Å². The van der Waals surface area contributed by atoms with Crippen molar-refractivity contribution in [2.45, 2.75) is 13.8 Å². The van der Waals surface area contributed by atoms with Crippen molar-refractivity contribution < 1.29 is 19.1 Å². The maximum absolute atomic E-state index is 11.3. The predicted molar refractivity (Wildman–Crippen MR) is 76.8 cm³/mol. The molecule has 4 nitrogen and oxygen atoms in total. The maximum atomic E-state index is 11.3. The van der Waals surface area contributed by atoms with E-state index in [1.54, 1.807) is 26.2 Å². The van der Waals surface area contributed by atoms with Gasteiger partial charge >= 0.3 is 0 Å². The molecule has 0 amide bonds. The Morgan fingerprint density at radius 3 is 2.55 bits per heavy atom. The lowest BCUT2D eigenvalue weighted by atomic mass is 10.0. The first-order chi connectivity index (χ1) is 9.56. The number of carbonyl (C=O) groups excluding carboxylic acids is 1. The topological polar surface area (TPSA) is 59.7 Å². The van der Waals surface area contributed by atoms with Gasteiger partial charge in [0.05, 0.1) is 18.1 Å². The van der Waals surface area contributed by atoms with E-state index in [0.29, 0.717) is 33.4 Å². The number of hydrogen-bond donors (Lipinski definition) is 1. The average Bonchev–Trinajstić information content (AvgIpc) is 2.78. The third-order valence-corrected chi connectivity index (χ3v) is 3.59. The molecule has 0 unspecified atom stereocenters. The molecule has 1 heterocycles. The number of hydrogen-bond acceptors (Lipinski definition) is 4. The second-order valence-electron chi connectivity index (χ2n) is 4.87. The van der Waals surface area contributed by atoms with E-state index >= 15 is 0 Å². The van der Waals surface area contributed by atoms with Crippen LogP contribution in [0.25, 0.3) is 21.9 Å². The molecule has 3 rings (SSSR count). The van der Waals surface area contributed by atoms with Crippen LogP contribution in [0.5, 0.6) is 11.5 Å². The van der Waals surface area contributed by atoms with E-state index in [-0.39, 0.29) is 5.75 Å². The Labute approximate surface area is 115 Å². The lowest BCUT2D eigenvalue weighted by Crippen LogP contribution is -1.87. The fourth-order valence-corrected chi connectivity index (χ4v) is 2.63. The summed E-state index contributed by atoms with van der Waals surface area (Å²) in [5, 5.41) is 11.6. The van der Waals surface area contributed by atoms with Crippen LogP contribution < -0.4 is 4.74 Å². The molecule has 0 bridgehead atoms. The molecule has 1 N–H and O–H groups in total. The number of phenols is 1. The van der Waals surface area contributed by atoms with Crippen LogP contribution in [0.1, 0.15) is 21.5 Å². The van der Waals surface area contributed by atoms with E-state index in [2.05, 4.69) is 0 Å². The Bertz CT molecular complexity index is 843. The monoisotopic (exact) mass is 270 g/mol. The summed E-state index contributed by atoms with van der Waals surface area (Å²) >= 11 is 0. The van der Waals surface area contributed by atoms with Gasteiger partial charge in [-0.3, -0.25) is 4.79 Å². The van der Waals surface area contributed by atoms with E-state index in [1.165, 1.54) is 0 Å². The first kappa shape index (κ1) is 12.5. The Kier molecular flexibility index (Phi) is 2.67.